The number of halogens is 1. The summed E-state index contributed by atoms with van der Waals surface area (Å²) in [6.45, 7) is 3.84. The molecule has 0 amide bonds. The van der Waals surface area contributed by atoms with E-state index in [0.717, 1.165) is 27.1 Å². The van der Waals surface area contributed by atoms with Crippen molar-refractivity contribution in [2.24, 2.45) is 0 Å². The zero-order valence-corrected chi connectivity index (χ0v) is 14.8. The molecule has 1 unspecified atom stereocenters. The largest absolute Gasteiger partial charge is 0.486 e. The number of fused-ring (bicyclic) bond motifs is 1. The fraction of sp³-hybridized carbons (Fsp3) is 0.278. The molecule has 0 bridgehead atoms. The summed E-state index contributed by atoms with van der Waals surface area (Å²) in [6.07, 6.45) is 0. The molecule has 5 nitrogen and oxygen atoms in total. The second-order valence-corrected chi connectivity index (χ2v) is 6.48. The number of benzene rings is 2. The second kappa shape index (κ2) is 7.23. The maximum atomic E-state index is 10.9. The standard InChI is InChI=1S/C18H18BrNO4/c1-11(20-10-12-2-4-13(5-3-12)18(21)22)14-8-16-17(9-15(14)19)24-7-6-23-16/h2-5,8-9,11,20H,6-7,10H2,1H3,(H,21,22). The van der Waals surface area contributed by atoms with Gasteiger partial charge in [0.05, 0.1) is 5.56 Å². The molecule has 0 aromatic heterocycles. The Morgan fingerprint density at radius 1 is 1.21 bits per heavy atom. The molecule has 1 aliphatic heterocycles. The maximum Gasteiger partial charge on any atom is 0.335 e. The highest BCUT2D eigenvalue weighted by Gasteiger charge is 2.17. The Morgan fingerprint density at radius 2 is 1.83 bits per heavy atom. The molecule has 6 heteroatoms. The van der Waals surface area contributed by atoms with Crippen LogP contribution in [0.5, 0.6) is 11.5 Å². The minimum Gasteiger partial charge on any atom is -0.486 e. The number of carbonyl (C=O) groups is 1. The molecule has 1 atom stereocenters. The van der Waals surface area contributed by atoms with Gasteiger partial charge in [0, 0.05) is 17.1 Å². The van der Waals surface area contributed by atoms with Gasteiger partial charge in [0.1, 0.15) is 13.2 Å². The molecule has 0 spiro atoms. The van der Waals surface area contributed by atoms with Gasteiger partial charge in [-0.25, -0.2) is 4.79 Å². The summed E-state index contributed by atoms with van der Waals surface area (Å²) in [6, 6.07) is 10.9. The van der Waals surface area contributed by atoms with Crippen molar-refractivity contribution in [3.05, 3.63) is 57.6 Å². The minimum absolute atomic E-state index is 0.0920. The predicted molar refractivity (Wildman–Crippen MR) is 93.8 cm³/mol. The van der Waals surface area contributed by atoms with Crippen LogP contribution in [0, 0.1) is 0 Å². The number of hydrogen-bond acceptors (Lipinski definition) is 4. The van der Waals surface area contributed by atoms with Gasteiger partial charge in [-0.2, -0.15) is 0 Å². The van der Waals surface area contributed by atoms with E-state index in [1.54, 1.807) is 12.1 Å². The third-order valence-electron chi connectivity index (χ3n) is 3.94. The number of carboxylic acid groups (broad SMARTS) is 1. The molecular formula is C18H18BrNO4. The van der Waals surface area contributed by atoms with E-state index in [-0.39, 0.29) is 6.04 Å². The summed E-state index contributed by atoms with van der Waals surface area (Å²) >= 11 is 3.59. The lowest BCUT2D eigenvalue weighted by molar-refractivity contribution is 0.0697. The monoisotopic (exact) mass is 391 g/mol. The quantitative estimate of drug-likeness (QED) is 0.811. The summed E-state index contributed by atoms with van der Waals surface area (Å²) in [4.78, 5) is 10.9. The molecule has 2 aromatic carbocycles. The average Bonchev–Trinajstić information content (AvgIpc) is 2.59. The zero-order chi connectivity index (χ0) is 17.1. The van der Waals surface area contributed by atoms with Crippen molar-refractivity contribution in [2.45, 2.75) is 19.5 Å². The minimum atomic E-state index is -0.914. The number of rotatable bonds is 5. The molecule has 0 aliphatic carbocycles. The average molecular weight is 392 g/mol. The Labute approximate surface area is 148 Å². The van der Waals surface area contributed by atoms with Crippen LogP contribution in [0.1, 0.15) is 34.5 Å². The van der Waals surface area contributed by atoms with Crippen LogP contribution in [0.15, 0.2) is 40.9 Å². The van der Waals surface area contributed by atoms with Crippen molar-refractivity contribution in [3.8, 4) is 11.5 Å². The van der Waals surface area contributed by atoms with Gasteiger partial charge in [-0.3, -0.25) is 0 Å². The van der Waals surface area contributed by atoms with Gasteiger partial charge in [-0.05, 0) is 42.3 Å². The van der Waals surface area contributed by atoms with E-state index in [2.05, 4.69) is 28.2 Å². The zero-order valence-electron chi connectivity index (χ0n) is 13.2. The molecular weight excluding hydrogens is 374 g/mol. The predicted octanol–water partition coefficient (Wildman–Crippen LogP) is 3.77. The van der Waals surface area contributed by atoms with Gasteiger partial charge in [-0.1, -0.05) is 28.1 Å². The highest BCUT2D eigenvalue weighted by atomic mass is 79.9. The lowest BCUT2D eigenvalue weighted by Crippen LogP contribution is -2.20. The van der Waals surface area contributed by atoms with Gasteiger partial charge >= 0.3 is 5.97 Å². The molecule has 0 radical (unpaired) electrons. The van der Waals surface area contributed by atoms with Gasteiger partial charge in [-0.15, -0.1) is 0 Å². The van der Waals surface area contributed by atoms with Crippen molar-refractivity contribution in [2.75, 3.05) is 13.2 Å². The molecule has 3 rings (SSSR count). The van der Waals surface area contributed by atoms with E-state index in [9.17, 15) is 4.79 Å². The lowest BCUT2D eigenvalue weighted by Gasteiger charge is -2.22. The molecule has 126 valence electrons. The SMILES string of the molecule is CC(NCc1ccc(C(=O)O)cc1)c1cc2c(cc1Br)OCCO2. The van der Waals surface area contributed by atoms with Crippen molar-refractivity contribution in [3.63, 3.8) is 0 Å². The molecule has 0 saturated carbocycles. The first kappa shape index (κ1) is 16.8. The number of ether oxygens (including phenoxy) is 2. The molecule has 2 N–H and O–H groups in total. The van der Waals surface area contributed by atoms with E-state index < -0.39 is 5.97 Å². The van der Waals surface area contributed by atoms with Crippen LogP contribution >= 0.6 is 15.9 Å². The molecule has 2 aromatic rings. The van der Waals surface area contributed by atoms with E-state index in [1.807, 2.05) is 24.3 Å². The molecule has 24 heavy (non-hydrogen) atoms. The third-order valence-corrected chi connectivity index (χ3v) is 4.63. The Balaban J connectivity index is 1.68. The number of aromatic carboxylic acids is 1. The van der Waals surface area contributed by atoms with Gasteiger partial charge in [0.25, 0.3) is 0 Å². The maximum absolute atomic E-state index is 10.9. The van der Waals surface area contributed by atoms with E-state index in [4.69, 9.17) is 14.6 Å². The van der Waals surface area contributed by atoms with Crippen LogP contribution in [0.2, 0.25) is 0 Å². The molecule has 0 saturated heterocycles. The summed E-state index contributed by atoms with van der Waals surface area (Å²) in [7, 11) is 0. The first-order valence-corrected chi connectivity index (χ1v) is 8.48. The van der Waals surface area contributed by atoms with Crippen molar-refractivity contribution >= 4 is 21.9 Å². The Bertz CT molecular complexity index is 745. The first-order chi connectivity index (χ1) is 11.5. The van der Waals surface area contributed by atoms with Gasteiger partial charge in [0.2, 0.25) is 0 Å². The molecule has 0 fully saturated rings. The third kappa shape index (κ3) is 3.71. The molecule has 1 heterocycles. The molecule has 1 aliphatic rings. The number of carboxylic acids is 1. The smallest absolute Gasteiger partial charge is 0.335 e. The van der Waals surface area contributed by atoms with Crippen molar-refractivity contribution in [1.29, 1.82) is 0 Å². The van der Waals surface area contributed by atoms with Crippen LogP contribution in [-0.2, 0) is 6.54 Å². The summed E-state index contributed by atoms with van der Waals surface area (Å²) in [5.74, 6) is 0.607. The highest BCUT2D eigenvalue weighted by Crippen LogP contribution is 2.37. The Morgan fingerprint density at radius 3 is 2.46 bits per heavy atom. The second-order valence-electron chi connectivity index (χ2n) is 5.62. The van der Waals surface area contributed by atoms with Gasteiger partial charge < -0.3 is 19.9 Å². The van der Waals surface area contributed by atoms with Crippen LogP contribution in [0.25, 0.3) is 0 Å². The van der Waals surface area contributed by atoms with Crippen molar-refractivity contribution < 1.29 is 19.4 Å². The van der Waals surface area contributed by atoms with Crippen LogP contribution < -0.4 is 14.8 Å². The summed E-state index contributed by atoms with van der Waals surface area (Å²) < 4.78 is 12.2. The van der Waals surface area contributed by atoms with Crippen LogP contribution in [0.3, 0.4) is 0 Å². The fourth-order valence-electron chi connectivity index (χ4n) is 2.56. The lowest BCUT2D eigenvalue weighted by atomic mass is 10.1. The van der Waals surface area contributed by atoms with Crippen LogP contribution in [-0.4, -0.2) is 24.3 Å². The van der Waals surface area contributed by atoms with E-state index in [1.165, 1.54) is 0 Å². The number of nitrogens with one attached hydrogen (secondary N) is 1. The summed E-state index contributed by atoms with van der Waals surface area (Å²) in [5.41, 5.74) is 2.41. The number of hydrogen-bond donors (Lipinski definition) is 2. The van der Waals surface area contributed by atoms with Crippen LogP contribution in [0.4, 0.5) is 0 Å². The first-order valence-electron chi connectivity index (χ1n) is 7.69. The normalized spacial score (nSPS) is 14.2. The van der Waals surface area contributed by atoms with E-state index >= 15 is 0 Å². The van der Waals surface area contributed by atoms with Gasteiger partial charge in [0.15, 0.2) is 11.5 Å². The topological polar surface area (TPSA) is 67.8 Å². The van der Waals surface area contributed by atoms with Crippen molar-refractivity contribution in [1.82, 2.24) is 5.32 Å². The fourth-order valence-corrected chi connectivity index (χ4v) is 3.22. The Hall–Kier alpha value is -2.05. The summed E-state index contributed by atoms with van der Waals surface area (Å²) in [5, 5.41) is 12.4. The van der Waals surface area contributed by atoms with E-state index in [0.29, 0.717) is 25.3 Å². The highest BCUT2D eigenvalue weighted by molar-refractivity contribution is 9.10. The Kier molecular flexibility index (Phi) is 5.06.